The van der Waals surface area contributed by atoms with Crippen LogP contribution in [0.25, 0.3) is 0 Å². The molecule has 28 heavy (non-hydrogen) atoms. The SMILES string of the molecule is CC1CCN(C(=O)c2csc(S(=O)(=O)N[C@@H]3CCCc4ccccc43)c2)CC1. The molecule has 1 aromatic heterocycles. The van der Waals surface area contributed by atoms with Gasteiger partial charge < -0.3 is 4.90 Å². The van der Waals surface area contributed by atoms with Gasteiger partial charge in [0.1, 0.15) is 4.21 Å². The third-order valence-electron chi connectivity index (χ3n) is 5.82. The van der Waals surface area contributed by atoms with E-state index in [1.807, 2.05) is 23.1 Å². The van der Waals surface area contributed by atoms with E-state index in [9.17, 15) is 13.2 Å². The molecule has 2 heterocycles. The molecule has 1 fully saturated rings. The third-order valence-corrected chi connectivity index (χ3v) is 8.74. The van der Waals surface area contributed by atoms with Gasteiger partial charge in [0, 0.05) is 24.5 Å². The molecular formula is C21H26N2O3S2. The Labute approximate surface area is 170 Å². The summed E-state index contributed by atoms with van der Waals surface area (Å²) in [6.45, 7) is 3.69. The quantitative estimate of drug-likeness (QED) is 0.817. The first-order chi connectivity index (χ1) is 13.4. The summed E-state index contributed by atoms with van der Waals surface area (Å²) in [6.07, 6.45) is 4.75. The van der Waals surface area contributed by atoms with E-state index < -0.39 is 10.0 Å². The molecule has 2 aliphatic rings. The van der Waals surface area contributed by atoms with Gasteiger partial charge in [-0.25, -0.2) is 13.1 Å². The summed E-state index contributed by atoms with van der Waals surface area (Å²) < 4.78 is 29.0. The van der Waals surface area contributed by atoms with Gasteiger partial charge in [-0.15, -0.1) is 11.3 Å². The van der Waals surface area contributed by atoms with E-state index in [0.29, 0.717) is 11.5 Å². The molecule has 0 bridgehead atoms. The van der Waals surface area contributed by atoms with E-state index >= 15 is 0 Å². The fourth-order valence-electron chi connectivity index (χ4n) is 4.09. The maximum absolute atomic E-state index is 12.9. The molecule has 1 aliphatic heterocycles. The molecule has 1 saturated heterocycles. The minimum atomic E-state index is -3.66. The van der Waals surface area contributed by atoms with Crippen LogP contribution in [0.2, 0.25) is 0 Å². The number of piperidine rings is 1. The summed E-state index contributed by atoms with van der Waals surface area (Å²) in [5, 5.41) is 1.67. The molecule has 1 amide bonds. The van der Waals surface area contributed by atoms with E-state index in [-0.39, 0.29) is 16.2 Å². The van der Waals surface area contributed by atoms with Crippen LogP contribution < -0.4 is 4.72 Å². The molecule has 0 radical (unpaired) electrons. The number of hydrogen-bond donors (Lipinski definition) is 1. The highest BCUT2D eigenvalue weighted by atomic mass is 32.2. The van der Waals surface area contributed by atoms with Crippen LogP contribution in [0.1, 0.15) is 60.1 Å². The van der Waals surface area contributed by atoms with Crippen molar-refractivity contribution in [3.8, 4) is 0 Å². The summed E-state index contributed by atoms with van der Waals surface area (Å²) in [4.78, 5) is 14.6. The fraction of sp³-hybridized carbons (Fsp3) is 0.476. The number of carbonyl (C=O) groups excluding carboxylic acids is 1. The number of likely N-dealkylation sites (tertiary alicyclic amines) is 1. The Bertz CT molecular complexity index is 960. The predicted octanol–water partition coefficient (Wildman–Crippen LogP) is 3.98. The Balaban J connectivity index is 1.50. The van der Waals surface area contributed by atoms with E-state index in [0.717, 1.165) is 62.1 Å². The largest absolute Gasteiger partial charge is 0.339 e. The molecule has 2 aromatic rings. The van der Waals surface area contributed by atoms with Crippen LogP contribution in [0.3, 0.4) is 0 Å². The first-order valence-corrected chi connectivity index (χ1v) is 12.3. The van der Waals surface area contributed by atoms with Crippen molar-refractivity contribution in [2.75, 3.05) is 13.1 Å². The second kappa shape index (κ2) is 7.97. The highest BCUT2D eigenvalue weighted by Crippen LogP contribution is 2.32. The number of fused-ring (bicyclic) bond motifs is 1. The molecule has 4 rings (SSSR count). The molecule has 1 aliphatic carbocycles. The van der Waals surface area contributed by atoms with Crippen LogP contribution in [0.15, 0.2) is 39.9 Å². The van der Waals surface area contributed by atoms with Crippen LogP contribution in [0, 0.1) is 5.92 Å². The molecule has 5 nitrogen and oxygen atoms in total. The van der Waals surface area contributed by atoms with Gasteiger partial charge in [-0.05, 0) is 55.2 Å². The maximum atomic E-state index is 12.9. The van der Waals surface area contributed by atoms with Gasteiger partial charge >= 0.3 is 0 Å². The van der Waals surface area contributed by atoms with Gasteiger partial charge in [0.15, 0.2) is 0 Å². The molecule has 1 aromatic carbocycles. The van der Waals surface area contributed by atoms with Crippen molar-refractivity contribution in [1.29, 1.82) is 0 Å². The van der Waals surface area contributed by atoms with E-state index in [4.69, 9.17) is 0 Å². The maximum Gasteiger partial charge on any atom is 0.254 e. The van der Waals surface area contributed by atoms with Gasteiger partial charge in [-0.2, -0.15) is 0 Å². The van der Waals surface area contributed by atoms with Crippen molar-refractivity contribution in [2.45, 2.75) is 49.3 Å². The van der Waals surface area contributed by atoms with Gasteiger partial charge in [0.25, 0.3) is 15.9 Å². The number of amides is 1. The Morgan fingerprint density at radius 3 is 2.71 bits per heavy atom. The summed E-state index contributed by atoms with van der Waals surface area (Å²) in [6, 6.07) is 9.34. The summed E-state index contributed by atoms with van der Waals surface area (Å²) in [5.74, 6) is 0.581. The second-order valence-electron chi connectivity index (χ2n) is 7.89. The number of rotatable bonds is 4. The van der Waals surface area contributed by atoms with Crippen molar-refractivity contribution in [3.05, 3.63) is 52.4 Å². The zero-order chi connectivity index (χ0) is 19.7. The average Bonchev–Trinajstić information content (AvgIpc) is 3.19. The molecular weight excluding hydrogens is 392 g/mol. The van der Waals surface area contributed by atoms with Gasteiger partial charge in [-0.1, -0.05) is 31.2 Å². The van der Waals surface area contributed by atoms with Crippen LogP contribution in [0.4, 0.5) is 0 Å². The highest BCUT2D eigenvalue weighted by Gasteiger charge is 2.28. The highest BCUT2D eigenvalue weighted by molar-refractivity contribution is 7.91. The first-order valence-electron chi connectivity index (χ1n) is 9.92. The zero-order valence-corrected chi connectivity index (χ0v) is 17.7. The molecule has 150 valence electrons. The van der Waals surface area contributed by atoms with Gasteiger partial charge in [-0.3, -0.25) is 4.79 Å². The van der Waals surface area contributed by atoms with Gasteiger partial charge in [0.2, 0.25) is 0 Å². The molecule has 1 atom stereocenters. The number of aryl methyl sites for hydroxylation is 1. The van der Waals surface area contributed by atoms with Crippen molar-refractivity contribution in [1.82, 2.24) is 9.62 Å². The van der Waals surface area contributed by atoms with Crippen LogP contribution in [-0.2, 0) is 16.4 Å². The topological polar surface area (TPSA) is 66.5 Å². The van der Waals surface area contributed by atoms with Crippen LogP contribution in [0.5, 0.6) is 0 Å². The van der Waals surface area contributed by atoms with Crippen LogP contribution >= 0.6 is 11.3 Å². The van der Waals surface area contributed by atoms with E-state index in [1.54, 1.807) is 5.38 Å². The number of nitrogens with zero attached hydrogens (tertiary/aromatic N) is 1. The molecule has 7 heteroatoms. The standard InChI is InChI=1S/C21H26N2O3S2/c1-15-9-11-23(12-10-15)21(24)17-13-20(27-14-17)28(25,26)22-19-8-4-6-16-5-2-3-7-18(16)19/h2-3,5,7,13-15,19,22H,4,6,8-12H2,1H3/t19-/m1/s1. The monoisotopic (exact) mass is 418 g/mol. The number of carbonyl (C=O) groups is 1. The minimum absolute atomic E-state index is 0.0624. The molecule has 0 spiro atoms. The lowest BCUT2D eigenvalue weighted by Crippen LogP contribution is -2.37. The summed E-state index contributed by atoms with van der Waals surface area (Å²) in [5.41, 5.74) is 2.75. The predicted molar refractivity (Wildman–Crippen MR) is 111 cm³/mol. The number of hydrogen-bond acceptors (Lipinski definition) is 4. The minimum Gasteiger partial charge on any atom is -0.339 e. The Hall–Kier alpha value is -1.70. The smallest absolute Gasteiger partial charge is 0.254 e. The molecule has 0 saturated carbocycles. The molecule has 1 N–H and O–H groups in total. The van der Waals surface area contributed by atoms with Crippen LogP contribution in [-0.4, -0.2) is 32.3 Å². The summed E-state index contributed by atoms with van der Waals surface area (Å²) >= 11 is 1.12. The van der Waals surface area contributed by atoms with E-state index in [2.05, 4.69) is 17.7 Å². The summed E-state index contributed by atoms with van der Waals surface area (Å²) in [7, 11) is -3.66. The molecule has 0 unspecified atom stereocenters. The lowest BCUT2D eigenvalue weighted by atomic mass is 9.88. The Morgan fingerprint density at radius 2 is 1.93 bits per heavy atom. The van der Waals surface area contributed by atoms with Crippen molar-refractivity contribution in [3.63, 3.8) is 0 Å². The van der Waals surface area contributed by atoms with Crippen molar-refractivity contribution in [2.24, 2.45) is 5.92 Å². The second-order valence-corrected chi connectivity index (χ2v) is 10.7. The third kappa shape index (κ3) is 4.02. The number of sulfonamides is 1. The lowest BCUT2D eigenvalue weighted by Gasteiger charge is -2.30. The van der Waals surface area contributed by atoms with Crippen molar-refractivity contribution >= 4 is 27.3 Å². The normalized spacial score (nSPS) is 20.8. The Kier molecular flexibility index (Phi) is 5.58. The Morgan fingerprint density at radius 1 is 1.18 bits per heavy atom. The number of thiophene rings is 1. The lowest BCUT2D eigenvalue weighted by molar-refractivity contribution is 0.0697. The van der Waals surface area contributed by atoms with Gasteiger partial charge in [0.05, 0.1) is 5.56 Å². The van der Waals surface area contributed by atoms with E-state index in [1.165, 1.54) is 11.6 Å². The van der Waals surface area contributed by atoms with Crippen molar-refractivity contribution < 1.29 is 13.2 Å². The zero-order valence-electron chi connectivity index (χ0n) is 16.1. The first kappa shape index (κ1) is 19.6. The number of benzene rings is 1. The fourth-order valence-corrected chi connectivity index (χ4v) is 6.51. The average molecular weight is 419 g/mol. The number of nitrogens with one attached hydrogen (secondary N) is 1.